The second-order valence-electron chi connectivity index (χ2n) is 2.05. The molecule has 2 nitrogen and oxygen atoms in total. The first-order chi connectivity index (χ1) is 5.38. The average Bonchev–Trinajstić information content (AvgIpc) is 2.27. The first-order valence-corrected chi connectivity index (χ1v) is 3.39. The van der Waals surface area contributed by atoms with E-state index in [2.05, 4.69) is 0 Å². The molecule has 2 heteroatoms. The third-order valence-corrected chi connectivity index (χ3v) is 1.40. The number of rotatable bonds is 1. The summed E-state index contributed by atoms with van der Waals surface area (Å²) in [5.74, 6) is 0.748. The summed E-state index contributed by atoms with van der Waals surface area (Å²) in [5.41, 5.74) is 0.748. The predicted molar refractivity (Wildman–Crippen MR) is 45.2 cm³/mol. The van der Waals surface area contributed by atoms with Crippen LogP contribution in [0.1, 0.15) is 0 Å². The Balaban J connectivity index is 3.36. The van der Waals surface area contributed by atoms with E-state index in [0.717, 1.165) is 11.2 Å². The Morgan fingerprint density at radius 2 is 1.91 bits per heavy atom. The van der Waals surface area contributed by atoms with Crippen molar-refractivity contribution >= 4 is 0 Å². The number of hydrogen-bond donors (Lipinski definition) is 0. The van der Waals surface area contributed by atoms with Gasteiger partial charge in [0, 0.05) is 6.07 Å². The second-order valence-corrected chi connectivity index (χ2v) is 2.05. The Morgan fingerprint density at radius 1 is 1.18 bits per heavy atom. The van der Waals surface area contributed by atoms with Gasteiger partial charge >= 0.3 is 5.43 Å². The lowest BCUT2D eigenvalue weighted by Crippen LogP contribution is -2.02. The van der Waals surface area contributed by atoms with Crippen LogP contribution < -0.4 is 10.2 Å². The lowest BCUT2D eigenvalue weighted by atomic mass is 10.5. The SMILES string of the molecule is COc1cccccc1=[O+]C. The zero-order valence-electron chi connectivity index (χ0n) is 6.70. The van der Waals surface area contributed by atoms with Gasteiger partial charge in [-0.3, -0.25) is 4.42 Å². The summed E-state index contributed by atoms with van der Waals surface area (Å²) in [6.45, 7) is 0. The topological polar surface area (TPSA) is 20.5 Å². The van der Waals surface area contributed by atoms with Gasteiger partial charge in [0.1, 0.15) is 0 Å². The summed E-state index contributed by atoms with van der Waals surface area (Å²) in [4.78, 5) is 0. The van der Waals surface area contributed by atoms with E-state index in [-0.39, 0.29) is 0 Å². The Bertz CT molecular complexity index is 292. The van der Waals surface area contributed by atoms with E-state index in [9.17, 15) is 0 Å². The first kappa shape index (κ1) is 7.79. The Labute approximate surface area is 65.8 Å². The number of hydrogen-bond acceptors (Lipinski definition) is 1. The van der Waals surface area contributed by atoms with Gasteiger partial charge in [0.25, 0.3) is 7.11 Å². The molecule has 0 heterocycles. The summed E-state index contributed by atoms with van der Waals surface area (Å²) in [6, 6.07) is 9.45. The minimum Gasteiger partial charge on any atom is -0.488 e. The van der Waals surface area contributed by atoms with Crippen molar-refractivity contribution in [2.24, 2.45) is 0 Å². The molecule has 0 spiro atoms. The van der Waals surface area contributed by atoms with Crippen LogP contribution in [0, 0.1) is 0 Å². The van der Waals surface area contributed by atoms with Crippen LogP contribution in [0.25, 0.3) is 0 Å². The highest BCUT2D eigenvalue weighted by Crippen LogP contribution is 1.97. The maximum Gasteiger partial charge on any atom is 0.384 e. The molecule has 1 rings (SSSR count). The second kappa shape index (κ2) is 3.76. The molecule has 0 radical (unpaired) electrons. The smallest absolute Gasteiger partial charge is 0.384 e. The molecule has 11 heavy (non-hydrogen) atoms. The molecule has 0 N–H and O–H groups in total. The van der Waals surface area contributed by atoms with E-state index in [1.165, 1.54) is 0 Å². The van der Waals surface area contributed by atoms with Crippen LogP contribution in [0.5, 0.6) is 5.75 Å². The van der Waals surface area contributed by atoms with Crippen LogP contribution >= 0.6 is 0 Å². The van der Waals surface area contributed by atoms with Crippen molar-refractivity contribution in [1.82, 2.24) is 0 Å². The van der Waals surface area contributed by atoms with Crippen LogP contribution in [0.2, 0.25) is 0 Å². The van der Waals surface area contributed by atoms with Gasteiger partial charge in [-0.2, -0.15) is 0 Å². The summed E-state index contributed by atoms with van der Waals surface area (Å²) >= 11 is 0. The molecule has 0 amide bonds. The van der Waals surface area contributed by atoms with E-state index in [0.29, 0.717) is 0 Å². The fourth-order valence-electron chi connectivity index (χ4n) is 0.852. The third-order valence-electron chi connectivity index (χ3n) is 1.40. The van der Waals surface area contributed by atoms with Crippen molar-refractivity contribution in [2.75, 3.05) is 14.2 Å². The van der Waals surface area contributed by atoms with Gasteiger partial charge < -0.3 is 4.74 Å². The van der Waals surface area contributed by atoms with Crippen molar-refractivity contribution in [3.63, 3.8) is 0 Å². The van der Waals surface area contributed by atoms with Crippen LogP contribution in [-0.4, -0.2) is 14.2 Å². The van der Waals surface area contributed by atoms with Gasteiger partial charge in [-0.05, 0) is 6.07 Å². The molecule has 0 aliphatic rings. The Kier molecular flexibility index (Phi) is 2.66. The first-order valence-electron chi connectivity index (χ1n) is 3.39. The van der Waals surface area contributed by atoms with Gasteiger partial charge in [-0.25, -0.2) is 0 Å². The summed E-state index contributed by atoms with van der Waals surface area (Å²) in [5, 5.41) is 0. The van der Waals surface area contributed by atoms with Gasteiger partial charge in [-0.1, -0.05) is 18.2 Å². The number of ether oxygens (including phenoxy) is 1. The van der Waals surface area contributed by atoms with Crippen LogP contribution in [0.15, 0.2) is 34.8 Å². The molecule has 0 aromatic heterocycles. The van der Waals surface area contributed by atoms with E-state index in [1.54, 1.807) is 14.2 Å². The van der Waals surface area contributed by atoms with Crippen molar-refractivity contribution in [2.45, 2.75) is 0 Å². The highest BCUT2D eigenvalue weighted by atomic mass is 16.5. The van der Waals surface area contributed by atoms with E-state index >= 15 is 0 Å². The average molecular weight is 151 g/mol. The molecule has 0 fully saturated rings. The molecular weight excluding hydrogens is 140 g/mol. The van der Waals surface area contributed by atoms with Crippen LogP contribution in [0.3, 0.4) is 0 Å². The number of methoxy groups -OCH3 is 1. The molecular formula is C9H11O2+. The summed E-state index contributed by atoms with van der Waals surface area (Å²) in [6.07, 6.45) is 0. The molecule has 0 unspecified atom stereocenters. The highest BCUT2D eigenvalue weighted by Gasteiger charge is 1.99. The predicted octanol–water partition coefficient (Wildman–Crippen LogP) is 1.22. The maximum absolute atomic E-state index is 5.07. The lowest BCUT2D eigenvalue weighted by molar-refractivity contribution is 0.411. The quantitative estimate of drug-likeness (QED) is 0.553. The van der Waals surface area contributed by atoms with Gasteiger partial charge in [-0.15, -0.1) is 0 Å². The normalized spacial score (nSPS) is 11.3. The van der Waals surface area contributed by atoms with Gasteiger partial charge in [0.05, 0.1) is 7.11 Å². The zero-order chi connectivity index (χ0) is 8.10. The molecule has 1 aromatic rings. The molecule has 0 aliphatic carbocycles. The van der Waals surface area contributed by atoms with E-state index < -0.39 is 0 Å². The molecule has 58 valence electrons. The minimum atomic E-state index is 0.748. The van der Waals surface area contributed by atoms with Gasteiger partial charge in [0.15, 0.2) is 0 Å². The van der Waals surface area contributed by atoms with Crippen molar-refractivity contribution in [3.8, 4) is 5.75 Å². The third kappa shape index (κ3) is 1.80. The maximum atomic E-state index is 5.07. The summed E-state index contributed by atoms with van der Waals surface area (Å²) < 4.78 is 10.1. The minimum absolute atomic E-state index is 0.748. The zero-order valence-corrected chi connectivity index (χ0v) is 6.70. The molecule has 0 aliphatic heterocycles. The largest absolute Gasteiger partial charge is 0.488 e. The van der Waals surface area contributed by atoms with Crippen LogP contribution in [-0.2, 0) is 0 Å². The highest BCUT2D eigenvalue weighted by molar-refractivity contribution is 5.20. The standard InChI is InChI=1S/C9H11O2/c1-10-8-6-4-3-5-7-9(8)11-2/h3-7H,1-2H3/q+1. The molecule has 1 aromatic carbocycles. The van der Waals surface area contributed by atoms with Crippen molar-refractivity contribution < 1.29 is 4.74 Å². The molecule has 0 saturated heterocycles. The fourth-order valence-corrected chi connectivity index (χ4v) is 0.852. The summed E-state index contributed by atoms with van der Waals surface area (Å²) in [7, 11) is 3.25. The van der Waals surface area contributed by atoms with Crippen molar-refractivity contribution in [1.29, 1.82) is 0 Å². The molecule has 0 atom stereocenters. The fraction of sp³-hybridized carbons (Fsp3) is 0.222. The van der Waals surface area contributed by atoms with Gasteiger partial charge in [0.2, 0.25) is 5.75 Å². The van der Waals surface area contributed by atoms with Crippen LogP contribution in [0.4, 0.5) is 0 Å². The Morgan fingerprint density at radius 3 is 2.55 bits per heavy atom. The molecule has 0 saturated carbocycles. The monoisotopic (exact) mass is 151 g/mol. The lowest BCUT2D eigenvalue weighted by Gasteiger charge is -1.87. The van der Waals surface area contributed by atoms with Crippen molar-refractivity contribution in [3.05, 3.63) is 40.2 Å². The molecule has 0 bridgehead atoms. The van der Waals surface area contributed by atoms with E-state index in [1.807, 2.05) is 30.3 Å². The Hall–Kier alpha value is -1.31. The van der Waals surface area contributed by atoms with E-state index in [4.69, 9.17) is 9.16 Å².